The molecular weight excluding hydrogens is 261 g/mol. The number of hydrogen-bond donors (Lipinski definition) is 1. The highest BCUT2D eigenvalue weighted by Gasteiger charge is 2.20. The predicted molar refractivity (Wildman–Crippen MR) is 74.5 cm³/mol. The van der Waals surface area contributed by atoms with Crippen LogP contribution in [-0.4, -0.2) is 6.04 Å². The van der Waals surface area contributed by atoms with Crippen LogP contribution < -0.4 is 5.32 Å². The number of thioether (sulfide) groups is 1. The monoisotopic (exact) mass is 277 g/mol. The molecule has 3 rings (SSSR count). The summed E-state index contributed by atoms with van der Waals surface area (Å²) in [5, 5.41) is 3.40. The molecule has 1 heterocycles. The van der Waals surface area contributed by atoms with Gasteiger partial charge in [-0.15, -0.1) is 11.8 Å². The molecule has 2 nitrogen and oxygen atoms in total. The fourth-order valence-electron chi connectivity index (χ4n) is 1.90. The van der Waals surface area contributed by atoms with Gasteiger partial charge in [0.2, 0.25) is 0 Å². The van der Waals surface area contributed by atoms with Gasteiger partial charge in [0.15, 0.2) is 0 Å². The molecule has 1 fully saturated rings. The fraction of sp³-hybridized carbons (Fsp3) is 0.333. The van der Waals surface area contributed by atoms with Gasteiger partial charge >= 0.3 is 0 Å². The van der Waals surface area contributed by atoms with Gasteiger partial charge in [-0.2, -0.15) is 0 Å². The summed E-state index contributed by atoms with van der Waals surface area (Å²) in [5.74, 6) is 1.47. The molecule has 0 saturated heterocycles. The van der Waals surface area contributed by atoms with E-state index in [4.69, 9.17) is 4.42 Å². The Labute approximate surface area is 116 Å². The third-order valence-corrected chi connectivity index (χ3v) is 4.06. The van der Waals surface area contributed by atoms with E-state index in [1.165, 1.54) is 12.8 Å². The summed E-state index contributed by atoms with van der Waals surface area (Å²) in [5.41, 5.74) is 1.01. The van der Waals surface area contributed by atoms with Gasteiger partial charge < -0.3 is 9.73 Å². The van der Waals surface area contributed by atoms with Crippen molar-refractivity contribution in [2.24, 2.45) is 0 Å². The lowest BCUT2D eigenvalue weighted by Crippen LogP contribution is -2.15. The smallest absolute Gasteiger partial charge is 0.124 e. The Morgan fingerprint density at radius 2 is 2.21 bits per heavy atom. The molecule has 0 aliphatic heterocycles. The number of furan rings is 1. The first-order chi connectivity index (χ1) is 9.29. The van der Waals surface area contributed by atoms with Crippen molar-refractivity contribution in [1.29, 1.82) is 0 Å². The topological polar surface area (TPSA) is 25.2 Å². The second-order valence-corrected chi connectivity index (χ2v) is 5.87. The van der Waals surface area contributed by atoms with Crippen molar-refractivity contribution >= 4 is 11.8 Å². The van der Waals surface area contributed by atoms with Crippen LogP contribution >= 0.6 is 11.8 Å². The SMILES string of the molecule is Fc1cc(CNC2CC2)cc(SCc2ccco2)c1. The molecule has 0 amide bonds. The van der Waals surface area contributed by atoms with E-state index in [1.54, 1.807) is 30.2 Å². The van der Waals surface area contributed by atoms with Crippen LogP contribution in [0, 0.1) is 5.82 Å². The maximum Gasteiger partial charge on any atom is 0.124 e. The summed E-state index contributed by atoms with van der Waals surface area (Å²) in [6.45, 7) is 0.747. The molecule has 1 aromatic heterocycles. The standard InChI is InChI=1S/C15H16FNOS/c16-12-6-11(9-17-13-3-4-13)7-15(8-12)19-10-14-2-1-5-18-14/h1-2,5-8,13,17H,3-4,9-10H2. The van der Waals surface area contributed by atoms with Crippen molar-refractivity contribution < 1.29 is 8.81 Å². The minimum Gasteiger partial charge on any atom is -0.468 e. The summed E-state index contributed by atoms with van der Waals surface area (Å²) in [7, 11) is 0. The zero-order valence-corrected chi connectivity index (χ0v) is 11.4. The second kappa shape index (κ2) is 5.80. The summed E-state index contributed by atoms with van der Waals surface area (Å²) < 4.78 is 18.8. The van der Waals surface area contributed by atoms with Crippen molar-refractivity contribution in [2.45, 2.75) is 36.1 Å². The molecule has 0 spiro atoms. The van der Waals surface area contributed by atoms with Gasteiger partial charge in [-0.1, -0.05) is 0 Å². The lowest BCUT2D eigenvalue weighted by molar-refractivity contribution is 0.530. The van der Waals surface area contributed by atoms with Crippen LogP contribution in [0.15, 0.2) is 45.9 Å². The zero-order valence-electron chi connectivity index (χ0n) is 10.6. The molecule has 1 aromatic carbocycles. The maximum atomic E-state index is 13.6. The van der Waals surface area contributed by atoms with E-state index >= 15 is 0 Å². The van der Waals surface area contributed by atoms with Crippen LogP contribution in [0.4, 0.5) is 4.39 Å². The largest absolute Gasteiger partial charge is 0.468 e. The summed E-state index contributed by atoms with van der Waals surface area (Å²) >= 11 is 1.59. The zero-order chi connectivity index (χ0) is 13.1. The van der Waals surface area contributed by atoms with Gasteiger partial charge in [-0.3, -0.25) is 0 Å². The van der Waals surface area contributed by atoms with E-state index in [9.17, 15) is 4.39 Å². The molecule has 1 aliphatic carbocycles. The third kappa shape index (κ3) is 3.85. The Kier molecular flexibility index (Phi) is 3.89. The minimum absolute atomic E-state index is 0.169. The number of rotatable bonds is 6. The average Bonchev–Trinajstić information content (AvgIpc) is 3.08. The maximum absolute atomic E-state index is 13.6. The Morgan fingerprint density at radius 3 is 2.95 bits per heavy atom. The first-order valence-electron chi connectivity index (χ1n) is 6.47. The van der Waals surface area contributed by atoms with Gasteiger partial charge in [0.1, 0.15) is 11.6 Å². The lowest BCUT2D eigenvalue weighted by atomic mass is 10.2. The molecule has 0 bridgehead atoms. The summed E-state index contributed by atoms with van der Waals surface area (Å²) in [6, 6.07) is 9.67. The van der Waals surface area contributed by atoms with Crippen LogP contribution in [0.2, 0.25) is 0 Å². The van der Waals surface area contributed by atoms with Gasteiger partial charge in [0.05, 0.1) is 12.0 Å². The first kappa shape index (κ1) is 12.8. The van der Waals surface area contributed by atoms with E-state index < -0.39 is 0 Å². The molecule has 2 aromatic rings. The van der Waals surface area contributed by atoms with Crippen LogP contribution in [0.25, 0.3) is 0 Å². The van der Waals surface area contributed by atoms with Gasteiger partial charge in [0.25, 0.3) is 0 Å². The van der Waals surface area contributed by atoms with E-state index in [2.05, 4.69) is 5.32 Å². The average molecular weight is 277 g/mol. The van der Waals surface area contributed by atoms with Crippen molar-refractivity contribution in [3.8, 4) is 0 Å². The summed E-state index contributed by atoms with van der Waals surface area (Å²) in [6.07, 6.45) is 4.15. The van der Waals surface area contributed by atoms with Crippen LogP contribution in [-0.2, 0) is 12.3 Å². The molecule has 100 valence electrons. The van der Waals surface area contributed by atoms with Crippen molar-refractivity contribution in [3.05, 3.63) is 53.7 Å². The van der Waals surface area contributed by atoms with Crippen LogP contribution in [0.3, 0.4) is 0 Å². The Balaban J connectivity index is 1.62. The molecule has 4 heteroatoms. The first-order valence-corrected chi connectivity index (χ1v) is 7.46. The van der Waals surface area contributed by atoms with Crippen LogP contribution in [0.5, 0.6) is 0 Å². The highest BCUT2D eigenvalue weighted by molar-refractivity contribution is 7.98. The lowest BCUT2D eigenvalue weighted by Gasteiger charge is -2.06. The highest BCUT2D eigenvalue weighted by Crippen LogP contribution is 2.26. The van der Waals surface area contributed by atoms with E-state index in [-0.39, 0.29) is 5.82 Å². The van der Waals surface area contributed by atoms with Crippen molar-refractivity contribution in [2.75, 3.05) is 0 Å². The molecular formula is C15H16FNOS. The predicted octanol–water partition coefficient (Wildman–Crippen LogP) is 3.96. The van der Waals surface area contributed by atoms with Crippen molar-refractivity contribution in [3.63, 3.8) is 0 Å². The third-order valence-electron chi connectivity index (χ3n) is 3.06. The molecule has 1 aliphatic rings. The van der Waals surface area contributed by atoms with Crippen LogP contribution in [0.1, 0.15) is 24.2 Å². The second-order valence-electron chi connectivity index (χ2n) is 4.82. The number of halogens is 1. The molecule has 1 saturated carbocycles. The Bertz CT molecular complexity index is 537. The highest BCUT2D eigenvalue weighted by atomic mass is 32.2. The number of nitrogens with one attached hydrogen (secondary N) is 1. The Morgan fingerprint density at radius 1 is 1.32 bits per heavy atom. The fourth-order valence-corrected chi connectivity index (χ4v) is 2.81. The number of hydrogen-bond acceptors (Lipinski definition) is 3. The van der Waals surface area contributed by atoms with Gasteiger partial charge in [-0.25, -0.2) is 4.39 Å². The van der Waals surface area contributed by atoms with E-state index in [0.29, 0.717) is 6.04 Å². The quantitative estimate of drug-likeness (QED) is 0.809. The minimum atomic E-state index is -0.169. The number of benzene rings is 1. The molecule has 19 heavy (non-hydrogen) atoms. The van der Waals surface area contributed by atoms with E-state index in [0.717, 1.165) is 28.5 Å². The van der Waals surface area contributed by atoms with Gasteiger partial charge in [-0.05, 0) is 48.7 Å². The van der Waals surface area contributed by atoms with E-state index in [1.807, 2.05) is 18.2 Å². The molecule has 0 atom stereocenters. The molecule has 1 N–H and O–H groups in total. The molecule has 0 radical (unpaired) electrons. The summed E-state index contributed by atoms with van der Waals surface area (Å²) in [4.78, 5) is 0.948. The van der Waals surface area contributed by atoms with Crippen molar-refractivity contribution in [1.82, 2.24) is 5.32 Å². The Hall–Kier alpha value is -1.26. The van der Waals surface area contributed by atoms with Gasteiger partial charge in [0, 0.05) is 17.5 Å². The molecule has 0 unspecified atom stereocenters. The normalized spacial score (nSPS) is 14.8.